The number of aliphatic hydroxyl groups excluding tert-OH is 1. The molecule has 2 aromatic carbocycles. The zero-order valence-electron chi connectivity index (χ0n) is 9.54. The van der Waals surface area contributed by atoms with Gasteiger partial charge in [-0.25, -0.2) is 0 Å². The minimum absolute atomic E-state index is 0.203. The van der Waals surface area contributed by atoms with E-state index in [-0.39, 0.29) is 10.9 Å². The summed E-state index contributed by atoms with van der Waals surface area (Å²) < 4.78 is 0. The van der Waals surface area contributed by atoms with E-state index in [9.17, 15) is 0 Å². The quantitative estimate of drug-likeness (QED) is 0.653. The topological polar surface area (TPSA) is 37.3 Å². The average Bonchev–Trinajstić information content (AvgIpc) is 2.41. The maximum Gasteiger partial charge on any atom is 0.160 e. The van der Waals surface area contributed by atoms with Crippen LogP contribution in [-0.2, 0) is 15.7 Å². The van der Waals surface area contributed by atoms with Crippen LogP contribution in [0.15, 0.2) is 70.5 Å². The summed E-state index contributed by atoms with van der Waals surface area (Å²) in [5.41, 5.74) is 0. The van der Waals surface area contributed by atoms with Crippen molar-refractivity contribution in [2.24, 2.45) is 0 Å². The van der Waals surface area contributed by atoms with Crippen molar-refractivity contribution < 1.29 is 9.90 Å². The molecule has 0 aromatic heterocycles. The number of rotatable bonds is 2. The van der Waals surface area contributed by atoms with Crippen molar-refractivity contribution >= 4 is 17.4 Å². The zero-order chi connectivity index (χ0) is 12.5. The molecular weight excluding hydrogens is 232 g/mol. The Morgan fingerprint density at radius 2 is 1.18 bits per heavy atom. The molecule has 0 aliphatic heterocycles. The Bertz CT molecular complexity index is 389. The summed E-state index contributed by atoms with van der Waals surface area (Å²) in [5.74, 6) is 0. The van der Waals surface area contributed by atoms with Crippen molar-refractivity contribution in [1.29, 1.82) is 0 Å². The van der Waals surface area contributed by atoms with E-state index in [1.165, 1.54) is 9.79 Å². The van der Waals surface area contributed by atoms with Crippen LogP contribution in [-0.4, -0.2) is 17.8 Å². The van der Waals surface area contributed by atoms with Crippen LogP contribution in [0.4, 0.5) is 0 Å². The van der Waals surface area contributed by atoms with E-state index in [4.69, 9.17) is 9.90 Å². The first-order chi connectivity index (χ1) is 8.29. The largest absolute Gasteiger partial charge is 0.665 e. The lowest BCUT2D eigenvalue weighted by Crippen LogP contribution is -1.99. The highest BCUT2D eigenvalue weighted by atomic mass is 32.2. The van der Waals surface area contributed by atoms with Gasteiger partial charge < -0.3 is 9.90 Å². The lowest BCUT2D eigenvalue weighted by molar-refractivity contribution is 0.437. The third-order valence-corrected chi connectivity index (χ3v) is 4.15. The van der Waals surface area contributed by atoms with Crippen molar-refractivity contribution in [1.82, 2.24) is 0 Å². The van der Waals surface area contributed by atoms with E-state index in [0.29, 0.717) is 6.47 Å². The fourth-order valence-corrected chi connectivity index (χ4v) is 2.79. The van der Waals surface area contributed by atoms with Crippen LogP contribution in [0, 0.1) is 0 Å². The van der Waals surface area contributed by atoms with Crippen LogP contribution in [0.5, 0.6) is 0 Å². The molecule has 0 amide bonds. The van der Waals surface area contributed by atoms with Gasteiger partial charge in [-0.05, 0) is 24.3 Å². The molecule has 0 heterocycles. The molecule has 88 valence electrons. The molecule has 0 bridgehead atoms. The first kappa shape index (κ1) is 13.3. The molecule has 0 aliphatic rings. The van der Waals surface area contributed by atoms with Crippen LogP contribution in [0.3, 0.4) is 0 Å². The molecule has 3 heteroatoms. The Labute approximate surface area is 104 Å². The van der Waals surface area contributed by atoms with Gasteiger partial charge in [0.05, 0.1) is 10.9 Å². The fourth-order valence-electron chi connectivity index (χ4n) is 1.39. The highest BCUT2D eigenvalue weighted by Crippen LogP contribution is 2.19. The van der Waals surface area contributed by atoms with Gasteiger partial charge in [0.1, 0.15) is 6.26 Å². The predicted octanol–water partition coefficient (Wildman–Crippen LogP) is 2.96. The van der Waals surface area contributed by atoms with Gasteiger partial charge in [-0.2, -0.15) is 0 Å². The van der Waals surface area contributed by atoms with Crippen molar-refractivity contribution in [2.75, 3.05) is 6.26 Å². The molecule has 2 rings (SSSR count). The normalized spacial score (nSPS) is 9.29. The molecule has 2 aromatic rings. The second kappa shape index (κ2) is 7.52. The first-order valence-corrected chi connectivity index (χ1v) is 6.70. The monoisotopic (exact) mass is 246 g/mol. The minimum atomic E-state index is 0.203. The molecule has 0 fully saturated rings. The van der Waals surface area contributed by atoms with E-state index >= 15 is 0 Å². The van der Waals surface area contributed by atoms with Crippen LogP contribution >= 0.6 is 0 Å². The molecule has 1 N–H and O–H groups in total. The maximum atomic E-state index is 8.24. The minimum Gasteiger partial charge on any atom is -0.665 e. The van der Waals surface area contributed by atoms with Crippen molar-refractivity contribution in [3.05, 3.63) is 60.7 Å². The standard InChI is InChI=1S/C13H13S.CHO2/c1-14(12-8-4-2-5-9-12)13-10-6-3-7-11-13;2-1-3/h2-11H,1H3;(H,2,3)/q+1;-1. The maximum absolute atomic E-state index is 8.24. The van der Waals surface area contributed by atoms with Crippen molar-refractivity contribution in [3.8, 4) is 0 Å². The van der Waals surface area contributed by atoms with Gasteiger partial charge in [-0.3, -0.25) is 0 Å². The Balaban J connectivity index is 0.000000437. The molecule has 17 heavy (non-hydrogen) atoms. The lowest BCUT2D eigenvalue weighted by atomic mass is 10.4. The highest BCUT2D eigenvalue weighted by molar-refractivity contribution is 7.96. The molecule has 0 spiro atoms. The molecule has 0 saturated heterocycles. The predicted molar refractivity (Wildman–Crippen MR) is 71.0 cm³/mol. The smallest absolute Gasteiger partial charge is 0.160 e. The van der Waals surface area contributed by atoms with Crippen LogP contribution in [0.1, 0.15) is 0 Å². The number of hydrogen-bond acceptors (Lipinski definition) is 1. The summed E-state index contributed by atoms with van der Waals surface area (Å²) in [6, 6.07) is 21.3. The Morgan fingerprint density at radius 1 is 0.882 bits per heavy atom. The molecule has 0 atom stereocenters. The van der Waals surface area contributed by atoms with Gasteiger partial charge in [0.2, 0.25) is 0 Å². The van der Waals surface area contributed by atoms with E-state index in [1.54, 1.807) is 0 Å². The van der Waals surface area contributed by atoms with E-state index < -0.39 is 0 Å². The summed E-state index contributed by atoms with van der Waals surface area (Å²) in [5, 5.41) is 6.76. The van der Waals surface area contributed by atoms with Gasteiger partial charge >= 0.3 is 0 Å². The number of benzene rings is 2. The Morgan fingerprint density at radius 3 is 1.47 bits per heavy atom. The Hall–Kier alpha value is -1.74. The van der Waals surface area contributed by atoms with Crippen LogP contribution in [0.25, 0.3) is 0 Å². The molecule has 0 unspecified atom stereocenters. The second-order valence-corrected chi connectivity index (χ2v) is 5.19. The van der Waals surface area contributed by atoms with Crippen LogP contribution < -0.4 is 0 Å². The highest BCUT2D eigenvalue weighted by Gasteiger charge is 2.17. The average molecular weight is 246 g/mol. The lowest BCUT2D eigenvalue weighted by Gasteiger charge is -2.00. The summed E-state index contributed by atoms with van der Waals surface area (Å²) in [6.07, 6.45) is 2.27. The van der Waals surface area contributed by atoms with Gasteiger partial charge in [-0.15, -0.1) is 0 Å². The number of hydrogen-bond donors (Lipinski definition) is 1. The van der Waals surface area contributed by atoms with Crippen molar-refractivity contribution in [2.45, 2.75) is 9.79 Å². The van der Waals surface area contributed by atoms with E-state index in [0.717, 1.165) is 0 Å². The van der Waals surface area contributed by atoms with Gasteiger partial charge in [0.25, 0.3) is 0 Å². The Kier molecular flexibility index (Phi) is 5.89. The third kappa shape index (κ3) is 4.33. The molecule has 0 aliphatic carbocycles. The van der Waals surface area contributed by atoms with Crippen molar-refractivity contribution in [3.63, 3.8) is 0 Å². The summed E-state index contributed by atoms with van der Waals surface area (Å²) in [6.45, 7) is 0.500. The second-order valence-electron chi connectivity index (χ2n) is 3.23. The SMILES string of the molecule is C[S+](c1ccccc1)c1ccccc1.O=[C-]O. The van der Waals surface area contributed by atoms with E-state index in [1.807, 2.05) is 0 Å². The summed E-state index contributed by atoms with van der Waals surface area (Å²) in [7, 11) is 0.203. The summed E-state index contributed by atoms with van der Waals surface area (Å²) >= 11 is 0. The molecule has 0 radical (unpaired) electrons. The third-order valence-electron chi connectivity index (χ3n) is 2.19. The fraction of sp³-hybridized carbons (Fsp3) is 0.0714. The zero-order valence-corrected chi connectivity index (χ0v) is 10.4. The van der Waals surface area contributed by atoms with Gasteiger partial charge in [0.15, 0.2) is 9.79 Å². The van der Waals surface area contributed by atoms with E-state index in [2.05, 4.69) is 66.9 Å². The van der Waals surface area contributed by atoms with Gasteiger partial charge in [0, 0.05) is 0 Å². The summed E-state index contributed by atoms with van der Waals surface area (Å²) in [4.78, 5) is 11.0. The molecular formula is C14H14O2S. The molecule has 0 saturated carbocycles. The molecule has 2 nitrogen and oxygen atoms in total. The van der Waals surface area contributed by atoms with Gasteiger partial charge in [-0.1, -0.05) is 42.9 Å². The first-order valence-electron chi connectivity index (χ1n) is 5.07. The van der Waals surface area contributed by atoms with Crippen LogP contribution in [0.2, 0.25) is 0 Å².